The molecule has 0 spiro atoms. The summed E-state index contributed by atoms with van der Waals surface area (Å²) in [4.78, 5) is 0. The third-order valence-electron chi connectivity index (χ3n) is 2.87. The lowest BCUT2D eigenvalue weighted by atomic mass is 10.1. The van der Waals surface area contributed by atoms with Gasteiger partial charge in [-0.2, -0.15) is 0 Å². The number of rotatable bonds is 6. The Balaban J connectivity index is 2.11. The maximum absolute atomic E-state index is 6.07. The van der Waals surface area contributed by atoms with Gasteiger partial charge >= 0.3 is 0 Å². The summed E-state index contributed by atoms with van der Waals surface area (Å²) in [5, 5.41) is 4.11. The topological polar surface area (TPSA) is 21.3 Å². The van der Waals surface area contributed by atoms with Gasteiger partial charge in [-0.05, 0) is 36.7 Å². The SMILES string of the molecule is CC(C)CNCc1ccc(Cl)cc1Oc1ccccc1. The van der Waals surface area contributed by atoms with Gasteiger partial charge in [0.2, 0.25) is 0 Å². The Hall–Kier alpha value is -1.51. The monoisotopic (exact) mass is 289 g/mol. The minimum absolute atomic E-state index is 0.626. The fourth-order valence-corrected chi connectivity index (χ4v) is 2.04. The first-order valence-electron chi connectivity index (χ1n) is 6.87. The number of hydrogen-bond acceptors (Lipinski definition) is 2. The average Bonchev–Trinajstić information content (AvgIpc) is 2.42. The molecule has 1 N–H and O–H groups in total. The normalized spacial score (nSPS) is 10.8. The van der Waals surface area contributed by atoms with E-state index in [1.165, 1.54) is 0 Å². The highest BCUT2D eigenvalue weighted by Crippen LogP contribution is 2.28. The first kappa shape index (κ1) is 14.9. The molecule has 106 valence electrons. The zero-order chi connectivity index (χ0) is 14.4. The highest BCUT2D eigenvalue weighted by atomic mass is 35.5. The number of hydrogen-bond donors (Lipinski definition) is 1. The van der Waals surface area contributed by atoms with Gasteiger partial charge in [-0.25, -0.2) is 0 Å². The van der Waals surface area contributed by atoms with E-state index in [-0.39, 0.29) is 0 Å². The van der Waals surface area contributed by atoms with E-state index in [9.17, 15) is 0 Å². The van der Waals surface area contributed by atoms with Crippen molar-refractivity contribution in [2.24, 2.45) is 5.92 Å². The van der Waals surface area contributed by atoms with Crippen LogP contribution < -0.4 is 10.1 Å². The van der Waals surface area contributed by atoms with E-state index in [1.54, 1.807) is 0 Å². The second-order valence-electron chi connectivity index (χ2n) is 5.19. The second-order valence-corrected chi connectivity index (χ2v) is 5.63. The highest BCUT2D eigenvalue weighted by molar-refractivity contribution is 6.30. The van der Waals surface area contributed by atoms with Gasteiger partial charge in [0.25, 0.3) is 0 Å². The van der Waals surface area contributed by atoms with Gasteiger partial charge in [-0.1, -0.05) is 49.7 Å². The first-order valence-corrected chi connectivity index (χ1v) is 7.25. The van der Waals surface area contributed by atoms with Crippen LogP contribution in [0.1, 0.15) is 19.4 Å². The molecule has 0 heterocycles. The molecule has 3 heteroatoms. The molecule has 0 unspecified atom stereocenters. The molecule has 0 radical (unpaired) electrons. The molecule has 0 saturated carbocycles. The summed E-state index contributed by atoms with van der Waals surface area (Å²) in [6.07, 6.45) is 0. The molecule has 2 nitrogen and oxygen atoms in total. The lowest BCUT2D eigenvalue weighted by Crippen LogP contribution is -2.19. The average molecular weight is 290 g/mol. The Morgan fingerprint density at radius 2 is 1.85 bits per heavy atom. The van der Waals surface area contributed by atoms with Crippen LogP contribution in [-0.2, 0) is 6.54 Å². The van der Waals surface area contributed by atoms with Crippen molar-refractivity contribution in [1.82, 2.24) is 5.32 Å². The molecule has 2 aromatic rings. The molecular weight excluding hydrogens is 270 g/mol. The molecule has 0 atom stereocenters. The van der Waals surface area contributed by atoms with Crippen LogP contribution in [0.2, 0.25) is 5.02 Å². The van der Waals surface area contributed by atoms with Crippen LogP contribution in [0.15, 0.2) is 48.5 Å². The summed E-state index contributed by atoms with van der Waals surface area (Å²) >= 11 is 6.07. The van der Waals surface area contributed by atoms with Gasteiger partial charge in [0.15, 0.2) is 0 Å². The summed E-state index contributed by atoms with van der Waals surface area (Å²) in [6, 6.07) is 15.5. The summed E-state index contributed by atoms with van der Waals surface area (Å²) in [7, 11) is 0. The number of nitrogens with one attached hydrogen (secondary N) is 1. The van der Waals surface area contributed by atoms with E-state index < -0.39 is 0 Å². The molecule has 0 aliphatic rings. The van der Waals surface area contributed by atoms with Gasteiger partial charge in [0.05, 0.1) is 0 Å². The minimum Gasteiger partial charge on any atom is -0.457 e. The van der Waals surface area contributed by atoms with Crippen molar-refractivity contribution in [2.75, 3.05) is 6.54 Å². The Morgan fingerprint density at radius 3 is 2.55 bits per heavy atom. The molecule has 2 aromatic carbocycles. The molecule has 20 heavy (non-hydrogen) atoms. The predicted octanol–water partition coefficient (Wildman–Crippen LogP) is 4.88. The molecule has 0 saturated heterocycles. The van der Waals surface area contributed by atoms with E-state index in [1.807, 2.05) is 48.5 Å². The van der Waals surface area contributed by atoms with Crippen LogP contribution in [0, 0.1) is 5.92 Å². The fourth-order valence-electron chi connectivity index (χ4n) is 1.88. The molecule has 0 amide bonds. The molecular formula is C17H20ClNO. The van der Waals surface area contributed by atoms with Gasteiger partial charge in [0, 0.05) is 17.1 Å². The fraction of sp³-hybridized carbons (Fsp3) is 0.294. The number of halogens is 1. The lowest BCUT2D eigenvalue weighted by molar-refractivity contribution is 0.469. The Bertz CT molecular complexity index is 540. The third-order valence-corrected chi connectivity index (χ3v) is 3.10. The molecule has 2 rings (SSSR count). The lowest BCUT2D eigenvalue weighted by Gasteiger charge is -2.13. The molecule has 0 aliphatic carbocycles. The standard InChI is InChI=1S/C17H20ClNO/c1-13(2)11-19-12-14-8-9-15(18)10-17(14)20-16-6-4-3-5-7-16/h3-10,13,19H,11-12H2,1-2H3. The van der Waals surface area contributed by atoms with Crippen LogP contribution in [0.25, 0.3) is 0 Å². The minimum atomic E-state index is 0.626. The summed E-state index contributed by atoms with van der Waals surface area (Å²) in [6.45, 7) is 6.14. The van der Waals surface area contributed by atoms with Crippen molar-refractivity contribution >= 4 is 11.6 Å². The maximum atomic E-state index is 6.07. The van der Waals surface area contributed by atoms with Gasteiger partial charge < -0.3 is 10.1 Å². The number of para-hydroxylation sites is 1. The Morgan fingerprint density at radius 1 is 1.10 bits per heavy atom. The van der Waals surface area contributed by atoms with Gasteiger partial charge in [-0.15, -0.1) is 0 Å². The van der Waals surface area contributed by atoms with Crippen LogP contribution in [-0.4, -0.2) is 6.54 Å². The molecule has 0 bridgehead atoms. The number of benzene rings is 2. The molecule has 0 fully saturated rings. The van der Waals surface area contributed by atoms with Crippen molar-refractivity contribution in [1.29, 1.82) is 0 Å². The number of ether oxygens (including phenoxy) is 1. The predicted molar refractivity (Wildman–Crippen MR) is 84.5 cm³/mol. The zero-order valence-corrected chi connectivity index (χ0v) is 12.7. The van der Waals surface area contributed by atoms with Crippen LogP contribution in [0.3, 0.4) is 0 Å². The zero-order valence-electron chi connectivity index (χ0n) is 11.9. The molecule has 0 aromatic heterocycles. The van der Waals surface area contributed by atoms with Crippen molar-refractivity contribution in [3.8, 4) is 11.5 Å². The maximum Gasteiger partial charge on any atom is 0.133 e. The third kappa shape index (κ3) is 4.55. The van der Waals surface area contributed by atoms with E-state index in [2.05, 4.69) is 19.2 Å². The van der Waals surface area contributed by atoms with Gasteiger partial charge in [0.1, 0.15) is 11.5 Å². The first-order chi connectivity index (χ1) is 9.65. The van der Waals surface area contributed by atoms with Crippen LogP contribution in [0.5, 0.6) is 11.5 Å². The van der Waals surface area contributed by atoms with Crippen molar-refractivity contribution in [3.05, 3.63) is 59.1 Å². The van der Waals surface area contributed by atoms with Crippen molar-refractivity contribution < 1.29 is 4.74 Å². The van der Waals surface area contributed by atoms with Crippen molar-refractivity contribution in [3.63, 3.8) is 0 Å². The molecule has 0 aliphatic heterocycles. The Labute approximate surface area is 125 Å². The van der Waals surface area contributed by atoms with E-state index in [4.69, 9.17) is 16.3 Å². The van der Waals surface area contributed by atoms with Crippen molar-refractivity contribution in [2.45, 2.75) is 20.4 Å². The van der Waals surface area contributed by atoms with E-state index >= 15 is 0 Å². The second kappa shape index (κ2) is 7.32. The van der Waals surface area contributed by atoms with Gasteiger partial charge in [-0.3, -0.25) is 0 Å². The van der Waals surface area contributed by atoms with Crippen LogP contribution in [0.4, 0.5) is 0 Å². The smallest absolute Gasteiger partial charge is 0.133 e. The summed E-state index contributed by atoms with van der Waals surface area (Å²) < 4.78 is 5.92. The summed E-state index contributed by atoms with van der Waals surface area (Å²) in [5.74, 6) is 2.25. The quantitative estimate of drug-likeness (QED) is 0.818. The Kier molecular flexibility index (Phi) is 5.45. The van der Waals surface area contributed by atoms with Crippen LogP contribution >= 0.6 is 11.6 Å². The van der Waals surface area contributed by atoms with E-state index in [0.29, 0.717) is 10.9 Å². The highest BCUT2D eigenvalue weighted by Gasteiger charge is 2.06. The summed E-state index contributed by atoms with van der Waals surface area (Å²) in [5.41, 5.74) is 1.11. The largest absolute Gasteiger partial charge is 0.457 e. The van der Waals surface area contributed by atoms with E-state index in [0.717, 1.165) is 30.2 Å².